The van der Waals surface area contributed by atoms with Gasteiger partial charge in [-0.2, -0.15) is 0 Å². The van der Waals surface area contributed by atoms with E-state index < -0.39 is 11.8 Å². The van der Waals surface area contributed by atoms with Gasteiger partial charge in [-0.15, -0.1) is 0 Å². The normalized spacial score (nSPS) is 14.5. The molecule has 1 N–H and O–H groups in total. The molecule has 25 heavy (non-hydrogen) atoms. The minimum absolute atomic E-state index is 0.00379. The number of rotatable bonds is 4. The summed E-state index contributed by atoms with van der Waals surface area (Å²) in [7, 11) is 0. The van der Waals surface area contributed by atoms with Gasteiger partial charge in [-0.05, 0) is 36.2 Å². The summed E-state index contributed by atoms with van der Waals surface area (Å²) in [6.45, 7) is 1.95. The first-order valence-corrected chi connectivity index (χ1v) is 8.65. The van der Waals surface area contributed by atoms with Crippen molar-refractivity contribution in [2.75, 3.05) is 10.2 Å². The molecule has 2 amide bonds. The van der Waals surface area contributed by atoms with E-state index in [-0.39, 0.29) is 10.7 Å². The zero-order chi connectivity index (χ0) is 18.1. The van der Waals surface area contributed by atoms with Crippen LogP contribution in [-0.2, 0) is 16.0 Å². The molecule has 128 valence electrons. The molecule has 0 radical (unpaired) electrons. The third kappa shape index (κ3) is 3.38. The van der Waals surface area contributed by atoms with Crippen molar-refractivity contribution >= 4 is 58.0 Å². The SMILES string of the molecule is CCc1ccccc1N1C(=O)C(Cl)=C(Nc2cc(Cl)cc(Cl)c2)C1=O. The molecule has 0 saturated heterocycles. The van der Waals surface area contributed by atoms with Crippen LogP contribution in [0.15, 0.2) is 53.2 Å². The minimum atomic E-state index is -0.566. The maximum Gasteiger partial charge on any atom is 0.283 e. The number of imide groups is 1. The molecule has 0 fully saturated rings. The van der Waals surface area contributed by atoms with Crippen molar-refractivity contribution in [2.45, 2.75) is 13.3 Å². The molecular formula is C18H13Cl3N2O2. The number of hydrogen-bond donors (Lipinski definition) is 1. The highest BCUT2D eigenvalue weighted by atomic mass is 35.5. The molecule has 4 nitrogen and oxygen atoms in total. The topological polar surface area (TPSA) is 49.4 Å². The van der Waals surface area contributed by atoms with Crippen LogP contribution in [0.25, 0.3) is 0 Å². The predicted octanol–water partition coefficient (Wildman–Crippen LogP) is 4.99. The van der Waals surface area contributed by atoms with E-state index in [4.69, 9.17) is 34.8 Å². The standard InChI is InChI=1S/C18H13Cl3N2O2/c1-2-10-5-3-4-6-14(10)23-17(24)15(21)16(18(23)25)22-13-8-11(19)7-12(20)9-13/h3-9,22H,2H2,1H3. The monoisotopic (exact) mass is 394 g/mol. The van der Waals surface area contributed by atoms with Gasteiger partial charge in [-0.25, -0.2) is 4.90 Å². The molecule has 0 unspecified atom stereocenters. The summed E-state index contributed by atoms with van der Waals surface area (Å²) in [5, 5.41) is 3.48. The van der Waals surface area contributed by atoms with Gasteiger partial charge < -0.3 is 5.32 Å². The fraction of sp³-hybridized carbons (Fsp3) is 0.111. The van der Waals surface area contributed by atoms with E-state index in [1.165, 1.54) is 0 Å². The van der Waals surface area contributed by atoms with Crippen LogP contribution in [-0.4, -0.2) is 11.8 Å². The van der Waals surface area contributed by atoms with Gasteiger partial charge in [0, 0.05) is 15.7 Å². The van der Waals surface area contributed by atoms with Crippen LogP contribution in [0, 0.1) is 0 Å². The van der Waals surface area contributed by atoms with Crippen LogP contribution < -0.4 is 10.2 Å². The second kappa shape index (κ2) is 7.08. The summed E-state index contributed by atoms with van der Waals surface area (Å²) < 4.78 is 0. The predicted molar refractivity (Wildman–Crippen MR) is 101 cm³/mol. The Bertz CT molecular complexity index is 889. The summed E-state index contributed by atoms with van der Waals surface area (Å²) >= 11 is 18.1. The van der Waals surface area contributed by atoms with Gasteiger partial charge in [0.15, 0.2) is 0 Å². The lowest BCUT2D eigenvalue weighted by atomic mass is 10.1. The molecule has 1 aliphatic rings. The van der Waals surface area contributed by atoms with Crippen LogP contribution in [0.5, 0.6) is 0 Å². The number of halogens is 3. The summed E-state index contributed by atoms with van der Waals surface area (Å²) in [5.74, 6) is -1.09. The van der Waals surface area contributed by atoms with E-state index in [0.29, 0.717) is 27.8 Å². The molecule has 0 spiro atoms. The number of carbonyl (C=O) groups is 2. The lowest BCUT2D eigenvalue weighted by molar-refractivity contribution is -0.120. The summed E-state index contributed by atoms with van der Waals surface area (Å²) in [5.41, 5.74) is 1.87. The van der Waals surface area contributed by atoms with Gasteiger partial charge in [-0.1, -0.05) is 59.9 Å². The van der Waals surface area contributed by atoms with Crippen LogP contribution >= 0.6 is 34.8 Å². The molecule has 2 aromatic rings. The Morgan fingerprint density at radius 2 is 1.60 bits per heavy atom. The average molecular weight is 396 g/mol. The van der Waals surface area contributed by atoms with Gasteiger partial charge >= 0.3 is 0 Å². The van der Waals surface area contributed by atoms with Crippen molar-refractivity contribution in [3.05, 3.63) is 68.8 Å². The number of aryl methyl sites for hydroxylation is 1. The number of para-hydroxylation sites is 1. The van der Waals surface area contributed by atoms with Gasteiger partial charge in [0.05, 0.1) is 5.69 Å². The zero-order valence-corrected chi connectivity index (χ0v) is 15.4. The van der Waals surface area contributed by atoms with E-state index in [1.807, 2.05) is 19.1 Å². The Morgan fingerprint density at radius 3 is 2.24 bits per heavy atom. The largest absolute Gasteiger partial charge is 0.350 e. The molecule has 0 aromatic heterocycles. The first-order chi connectivity index (χ1) is 11.9. The maximum absolute atomic E-state index is 12.8. The minimum Gasteiger partial charge on any atom is -0.350 e. The number of amides is 2. The van der Waals surface area contributed by atoms with Gasteiger partial charge in [0.2, 0.25) is 0 Å². The van der Waals surface area contributed by atoms with Gasteiger partial charge in [-0.3, -0.25) is 9.59 Å². The van der Waals surface area contributed by atoms with Crippen molar-refractivity contribution in [3.63, 3.8) is 0 Å². The van der Waals surface area contributed by atoms with Crippen molar-refractivity contribution in [2.24, 2.45) is 0 Å². The molecule has 2 aromatic carbocycles. The number of nitrogens with zero attached hydrogens (tertiary/aromatic N) is 1. The third-order valence-corrected chi connectivity index (χ3v) is 4.56. The highest BCUT2D eigenvalue weighted by Gasteiger charge is 2.39. The maximum atomic E-state index is 12.8. The smallest absolute Gasteiger partial charge is 0.283 e. The number of nitrogens with one attached hydrogen (secondary N) is 1. The highest BCUT2D eigenvalue weighted by Crippen LogP contribution is 2.33. The lowest BCUT2D eigenvalue weighted by Gasteiger charge is -2.18. The van der Waals surface area contributed by atoms with Crippen molar-refractivity contribution in [3.8, 4) is 0 Å². The van der Waals surface area contributed by atoms with Gasteiger partial charge in [0.1, 0.15) is 10.7 Å². The summed E-state index contributed by atoms with van der Waals surface area (Å²) in [6, 6.07) is 12.0. The Balaban J connectivity index is 1.97. The molecule has 0 atom stereocenters. The van der Waals surface area contributed by atoms with Crippen molar-refractivity contribution in [1.29, 1.82) is 0 Å². The molecule has 0 saturated carbocycles. The van der Waals surface area contributed by atoms with E-state index >= 15 is 0 Å². The summed E-state index contributed by atoms with van der Waals surface area (Å²) in [6.07, 6.45) is 0.678. The van der Waals surface area contributed by atoms with Crippen LogP contribution in [0.2, 0.25) is 10.0 Å². The Labute approximate surface area is 160 Å². The Morgan fingerprint density at radius 1 is 0.960 bits per heavy atom. The Hall–Kier alpha value is -2.01. The number of benzene rings is 2. The molecular weight excluding hydrogens is 383 g/mol. The van der Waals surface area contributed by atoms with Crippen LogP contribution in [0.1, 0.15) is 12.5 Å². The molecule has 0 aliphatic carbocycles. The first kappa shape index (κ1) is 17.8. The fourth-order valence-corrected chi connectivity index (χ4v) is 3.37. The summed E-state index contributed by atoms with van der Waals surface area (Å²) in [4.78, 5) is 26.4. The molecule has 1 aliphatic heterocycles. The number of anilines is 2. The Kier molecular flexibility index (Phi) is 5.04. The van der Waals surface area contributed by atoms with E-state index in [2.05, 4.69) is 5.32 Å². The average Bonchev–Trinajstić information content (AvgIpc) is 2.77. The number of carbonyl (C=O) groups excluding carboxylic acids is 2. The zero-order valence-electron chi connectivity index (χ0n) is 13.1. The van der Waals surface area contributed by atoms with Crippen molar-refractivity contribution in [1.82, 2.24) is 0 Å². The van der Waals surface area contributed by atoms with Crippen LogP contribution in [0.3, 0.4) is 0 Å². The second-order valence-corrected chi connectivity index (χ2v) is 6.65. The van der Waals surface area contributed by atoms with E-state index in [9.17, 15) is 9.59 Å². The molecule has 3 rings (SSSR count). The number of hydrogen-bond acceptors (Lipinski definition) is 3. The third-order valence-electron chi connectivity index (χ3n) is 3.77. The van der Waals surface area contributed by atoms with E-state index in [0.717, 1.165) is 10.5 Å². The lowest BCUT2D eigenvalue weighted by Crippen LogP contribution is -2.33. The van der Waals surface area contributed by atoms with Crippen molar-refractivity contribution < 1.29 is 9.59 Å². The van der Waals surface area contributed by atoms with E-state index in [1.54, 1.807) is 30.3 Å². The molecule has 7 heteroatoms. The quantitative estimate of drug-likeness (QED) is 0.742. The first-order valence-electron chi connectivity index (χ1n) is 7.52. The van der Waals surface area contributed by atoms with Crippen LogP contribution in [0.4, 0.5) is 11.4 Å². The molecule has 1 heterocycles. The highest BCUT2D eigenvalue weighted by molar-refractivity contribution is 6.53. The molecule has 0 bridgehead atoms. The second-order valence-electron chi connectivity index (χ2n) is 5.40. The fourth-order valence-electron chi connectivity index (χ4n) is 2.63. The van der Waals surface area contributed by atoms with Gasteiger partial charge in [0.25, 0.3) is 11.8 Å².